The molecular formula is C23H26N4O3S. The van der Waals surface area contributed by atoms with Crippen molar-refractivity contribution in [1.82, 2.24) is 14.5 Å². The molecule has 2 aromatic carbocycles. The molecule has 1 aliphatic rings. The average molecular weight is 439 g/mol. The van der Waals surface area contributed by atoms with Crippen molar-refractivity contribution < 1.29 is 13.2 Å². The van der Waals surface area contributed by atoms with E-state index in [1.807, 2.05) is 48.9 Å². The molecule has 0 aliphatic carbocycles. The Bertz CT molecular complexity index is 1220. The highest BCUT2D eigenvalue weighted by atomic mass is 32.2. The first-order chi connectivity index (χ1) is 14.8. The van der Waals surface area contributed by atoms with Gasteiger partial charge in [0.2, 0.25) is 15.9 Å². The third-order valence-corrected chi connectivity index (χ3v) is 7.06. The molecule has 3 aromatic rings. The molecule has 8 heteroatoms. The number of anilines is 1. The maximum Gasteiger partial charge on any atom is 0.240 e. The molecule has 0 spiro atoms. The molecule has 0 radical (unpaired) electrons. The number of amides is 1. The van der Waals surface area contributed by atoms with E-state index in [0.717, 1.165) is 28.1 Å². The Balaban J connectivity index is 1.51. The van der Waals surface area contributed by atoms with Gasteiger partial charge >= 0.3 is 0 Å². The van der Waals surface area contributed by atoms with E-state index in [9.17, 15) is 13.2 Å². The normalized spacial score (nSPS) is 14.1. The van der Waals surface area contributed by atoms with Gasteiger partial charge in [0, 0.05) is 29.9 Å². The second-order valence-corrected chi connectivity index (χ2v) is 9.60. The number of benzene rings is 2. The number of rotatable bonds is 6. The van der Waals surface area contributed by atoms with Crippen LogP contribution in [0.4, 0.5) is 5.69 Å². The molecule has 0 fully saturated rings. The molecule has 0 unspecified atom stereocenters. The van der Waals surface area contributed by atoms with Crippen molar-refractivity contribution in [3.63, 3.8) is 0 Å². The number of nitrogens with one attached hydrogen (secondary N) is 2. The third-order valence-electron chi connectivity index (χ3n) is 5.66. The highest BCUT2D eigenvalue weighted by molar-refractivity contribution is 7.89. The average Bonchev–Trinajstić information content (AvgIpc) is 2.88. The fourth-order valence-corrected chi connectivity index (χ4v) is 4.91. The SMILES string of the molecule is Cc1nn(Cc2ccccc2)c(C)c1CNS(=O)(=O)c1ccc2c(c1)CCCC(=O)N2. The van der Waals surface area contributed by atoms with Crippen molar-refractivity contribution in [2.45, 2.75) is 51.1 Å². The van der Waals surface area contributed by atoms with E-state index >= 15 is 0 Å². The van der Waals surface area contributed by atoms with Gasteiger partial charge in [-0.2, -0.15) is 5.10 Å². The number of sulfonamides is 1. The summed E-state index contributed by atoms with van der Waals surface area (Å²) >= 11 is 0. The zero-order chi connectivity index (χ0) is 22.0. The lowest BCUT2D eigenvalue weighted by molar-refractivity contribution is -0.116. The summed E-state index contributed by atoms with van der Waals surface area (Å²) in [5.74, 6) is -0.0362. The van der Waals surface area contributed by atoms with Gasteiger partial charge in [-0.1, -0.05) is 30.3 Å². The summed E-state index contributed by atoms with van der Waals surface area (Å²) in [5.41, 5.74) is 5.29. The summed E-state index contributed by atoms with van der Waals surface area (Å²) in [5, 5.41) is 7.43. The summed E-state index contributed by atoms with van der Waals surface area (Å²) in [6.07, 6.45) is 1.82. The minimum Gasteiger partial charge on any atom is -0.326 e. The Kier molecular flexibility index (Phi) is 5.93. The Morgan fingerprint density at radius 3 is 2.65 bits per heavy atom. The number of hydrogen-bond donors (Lipinski definition) is 2. The van der Waals surface area contributed by atoms with Crippen LogP contribution in [-0.4, -0.2) is 24.1 Å². The molecule has 0 saturated heterocycles. The Labute approximate surface area is 182 Å². The van der Waals surface area contributed by atoms with E-state index in [4.69, 9.17) is 0 Å². The highest BCUT2D eigenvalue weighted by Crippen LogP contribution is 2.25. The lowest BCUT2D eigenvalue weighted by atomic mass is 10.1. The third kappa shape index (κ3) is 4.70. The molecule has 1 aliphatic heterocycles. The van der Waals surface area contributed by atoms with E-state index in [-0.39, 0.29) is 17.3 Å². The number of nitrogens with zero attached hydrogens (tertiary/aromatic N) is 2. The predicted octanol–water partition coefficient (Wildman–Crippen LogP) is 3.30. The monoisotopic (exact) mass is 438 g/mol. The maximum atomic E-state index is 12.9. The highest BCUT2D eigenvalue weighted by Gasteiger charge is 2.20. The second-order valence-electron chi connectivity index (χ2n) is 7.84. The van der Waals surface area contributed by atoms with E-state index in [2.05, 4.69) is 15.1 Å². The molecule has 1 aromatic heterocycles. The Morgan fingerprint density at radius 2 is 1.87 bits per heavy atom. The molecule has 4 rings (SSSR count). The molecule has 1 amide bonds. The first kappa shape index (κ1) is 21.3. The smallest absolute Gasteiger partial charge is 0.240 e. The molecule has 2 N–H and O–H groups in total. The summed E-state index contributed by atoms with van der Waals surface area (Å²) in [6.45, 7) is 4.65. The first-order valence-corrected chi connectivity index (χ1v) is 11.8. The molecular weight excluding hydrogens is 412 g/mol. The molecule has 0 saturated carbocycles. The van der Waals surface area contributed by atoms with Gasteiger partial charge in [0.1, 0.15) is 0 Å². The fraction of sp³-hybridized carbons (Fsp3) is 0.304. The predicted molar refractivity (Wildman–Crippen MR) is 119 cm³/mol. The van der Waals surface area contributed by atoms with Crippen LogP contribution in [0.2, 0.25) is 0 Å². The topological polar surface area (TPSA) is 93.1 Å². The van der Waals surface area contributed by atoms with Crippen LogP contribution < -0.4 is 10.0 Å². The van der Waals surface area contributed by atoms with E-state index in [0.29, 0.717) is 31.5 Å². The van der Waals surface area contributed by atoms with Crippen molar-refractivity contribution in [2.24, 2.45) is 0 Å². The summed E-state index contributed by atoms with van der Waals surface area (Å²) < 4.78 is 30.5. The zero-order valence-corrected chi connectivity index (χ0v) is 18.5. The van der Waals surface area contributed by atoms with Crippen LogP contribution in [0.15, 0.2) is 53.4 Å². The van der Waals surface area contributed by atoms with Gasteiger partial charge in [-0.25, -0.2) is 13.1 Å². The minimum atomic E-state index is -3.70. The van der Waals surface area contributed by atoms with Crippen LogP contribution in [0.5, 0.6) is 0 Å². The number of fused-ring (bicyclic) bond motifs is 1. The van der Waals surface area contributed by atoms with Crippen molar-refractivity contribution in [3.05, 3.63) is 76.6 Å². The molecule has 162 valence electrons. The lowest BCUT2D eigenvalue weighted by Crippen LogP contribution is -2.24. The number of carbonyl (C=O) groups is 1. The van der Waals surface area contributed by atoms with Gasteiger partial charge in [-0.15, -0.1) is 0 Å². The van der Waals surface area contributed by atoms with Gasteiger partial charge in [-0.05, 0) is 56.0 Å². The van der Waals surface area contributed by atoms with Gasteiger partial charge in [0.05, 0.1) is 17.1 Å². The van der Waals surface area contributed by atoms with Crippen LogP contribution >= 0.6 is 0 Å². The summed E-state index contributed by atoms with van der Waals surface area (Å²) in [4.78, 5) is 11.9. The van der Waals surface area contributed by atoms with Gasteiger partial charge in [-0.3, -0.25) is 9.48 Å². The lowest BCUT2D eigenvalue weighted by Gasteiger charge is -2.11. The second kappa shape index (κ2) is 8.64. The largest absolute Gasteiger partial charge is 0.326 e. The molecule has 2 heterocycles. The number of hydrogen-bond acceptors (Lipinski definition) is 4. The van der Waals surface area contributed by atoms with Crippen molar-refractivity contribution in [3.8, 4) is 0 Å². The van der Waals surface area contributed by atoms with Crippen LogP contribution in [0.3, 0.4) is 0 Å². The van der Waals surface area contributed by atoms with Crippen LogP contribution in [0.25, 0.3) is 0 Å². The molecule has 7 nitrogen and oxygen atoms in total. The van der Waals surface area contributed by atoms with Crippen LogP contribution in [-0.2, 0) is 34.3 Å². The molecule has 0 atom stereocenters. The van der Waals surface area contributed by atoms with E-state index < -0.39 is 10.0 Å². The minimum absolute atomic E-state index is 0.0362. The number of carbonyl (C=O) groups excluding carboxylic acids is 1. The maximum absolute atomic E-state index is 12.9. The van der Waals surface area contributed by atoms with Crippen LogP contribution in [0, 0.1) is 13.8 Å². The fourth-order valence-electron chi connectivity index (χ4n) is 3.87. The van der Waals surface area contributed by atoms with Gasteiger partial charge in [0.25, 0.3) is 0 Å². The van der Waals surface area contributed by atoms with Crippen LogP contribution in [0.1, 0.15) is 40.9 Å². The first-order valence-electron chi connectivity index (χ1n) is 10.3. The molecule has 31 heavy (non-hydrogen) atoms. The van der Waals surface area contributed by atoms with Gasteiger partial charge in [0.15, 0.2) is 0 Å². The number of aryl methyl sites for hydroxylation is 2. The van der Waals surface area contributed by atoms with Gasteiger partial charge < -0.3 is 5.32 Å². The Morgan fingerprint density at radius 1 is 1.10 bits per heavy atom. The summed E-state index contributed by atoms with van der Waals surface area (Å²) in [7, 11) is -3.70. The van der Waals surface area contributed by atoms with Crippen molar-refractivity contribution >= 4 is 21.6 Å². The zero-order valence-electron chi connectivity index (χ0n) is 17.7. The Hall–Kier alpha value is -2.97. The molecule has 0 bridgehead atoms. The summed E-state index contributed by atoms with van der Waals surface area (Å²) in [6, 6.07) is 14.9. The van der Waals surface area contributed by atoms with E-state index in [1.165, 1.54) is 6.07 Å². The quantitative estimate of drug-likeness (QED) is 0.618. The number of aromatic nitrogens is 2. The van der Waals surface area contributed by atoms with Crippen molar-refractivity contribution in [1.29, 1.82) is 0 Å². The standard InChI is InChI=1S/C23H26N4O3S/c1-16-21(17(2)27(26-16)15-18-7-4-3-5-8-18)14-24-31(29,30)20-11-12-22-19(13-20)9-6-10-23(28)25-22/h3-5,7-8,11-13,24H,6,9-10,14-15H2,1-2H3,(H,25,28). The van der Waals surface area contributed by atoms with E-state index in [1.54, 1.807) is 12.1 Å². The van der Waals surface area contributed by atoms with Crippen molar-refractivity contribution in [2.75, 3.05) is 5.32 Å².